The van der Waals surface area contributed by atoms with Crippen LogP contribution < -0.4 is 0 Å². The number of imidazole rings is 1. The van der Waals surface area contributed by atoms with E-state index in [2.05, 4.69) is 56.3 Å². The first-order valence-corrected chi connectivity index (χ1v) is 10.7. The Balaban J connectivity index is 1.54. The van der Waals surface area contributed by atoms with Gasteiger partial charge >= 0.3 is 0 Å². The van der Waals surface area contributed by atoms with Gasteiger partial charge in [-0.2, -0.15) is 0 Å². The van der Waals surface area contributed by atoms with E-state index >= 15 is 0 Å². The summed E-state index contributed by atoms with van der Waals surface area (Å²) in [6.07, 6.45) is 8.35. The Morgan fingerprint density at radius 3 is 2.32 bits per heavy atom. The van der Waals surface area contributed by atoms with Crippen LogP contribution in [0.2, 0.25) is 0 Å². The summed E-state index contributed by atoms with van der Waals surface area (Å²) in [6, 6.07) is 21.9. The molecule has 5 heteroatoms. The second kappa shape index (κ2) is 8.82. The topological polar surface area (TPSA) is 44.8 Å². The highest BCUT2D eigenvalue weighted by Gasteiger charge is 2.38. The fraction of sp³-hybridized carbons (Fsp3) is 0.231. The monoisotopic (exact) mass is 412 g/mol. The molecular weight excluding hydrogens is 387 g/mol. The zero-order valence-corrected chi connectivity index (χ0v) is 17.2. The minimum absolute atomic E-state index is 0.171. The third-order valence-electron chi connectivity index (χ3n) is 6.33. The number of benzene rings is 2. The van der Waals surface area contributed by atoms with Crippen LogP contribution in [0.15, 0.2) is 91.5 Å². The van der Waals surface area contributed by atoms with Crippen molar-refractivity contribution in [1.82, 2.24) is 19.9 Å². The molecule has 5 rings (SSSR count). The minimum atomic E-state index is -0.199. The number of aromatic amines is 1. The maximum atomic E-state index is 13.7. The van der Waals surface area contributed by atoms with E-state index in [9.17, 15) is 4.39 Å². The van der Waals surface area contributed by atoms with E-state index in [-0.39, 0.29) is 23.7 Å². The standard InChI is InChI=1S/C26H25FN4/c27-22-8-6-20(7-9-22)24-18-31(17-19-4-2-1-3-5-19)25(26-29-14-15-30-26)16-23(24)21-10-12-28-13-11-21/h1-15,23-25H,16-18H2,(H,29,30). The van der Waals surface area contributed by atoms with E-state index in [1.54, 1.807) is 12.1 Å². The van der Waals surface area contributed by atoms with Crippen LogP contribution in [-0.2, 0) is 6.54 Å². The molecule has 1 saturated heterocycles. The van der Waals surface area contributed by atoms with Crippen LogP contribution in [0.5, 0.6) is 0 Å². The molecule has 0 amide bonds. The molecule has 3 heterocycles. The van der Waals surface area contributed by atoms with Crippen molar-refractivity contribution in [3.8, 4) is 0 Å². The number of likely N-dealkylation sites (tertiary alicyclic amines) is 1. The summed E-state index contributed by atoms with van der Waals surface area (Å²) in [5.74, 6) is 1.33. The zero-order chi connectivity index (χ0) is 21.0. The van der Waals surface area contributed by atoms with Crippen LogP contribution in [-0.4, -0.2) is 26.4 Å². The Labute approximate surface area is 181 Å². The fourth-order valence-corrected chi connectivity index (χ4v) is 4.82. The number of hydrogen-bond acceptors (Lipinski definition) is 3. The van der Waals surface area contributed by atoms with Crippen molar-refractivity contribution in [2.24, 2.45) is 0 Å². The van der Waals surface area contributed by atoms with Gasteiger partial charge < -0.3 is 4.98 Å². The first-order valence-electron chi connectivity index (χ1n) is 10.7. The van der Waals surface area contributed by atoms with Crippen LogP contribution in [0, 0.1) is 5.82 Å². The molecular formula is C26H25FN4. The van der Waals surface area contributed by atoms with E-state index in [0.717, 1.165) is 25.3 Å². The van der Waals surface area contributed by atoms with Crippen molar-refractivity contribution in [1.29, 1.82) is 0 Å². The summed E-state index contributed by atoms with van der Waals surface area (Å²) >= 11 is 0. The first-order chi connectivity index (χ1) is 15.3. The molecule has 4 aromatic rings. The Kier molecular flexibility index (Phi) is 5.59. The Morgan fingerprint density at radius 1 is 0.871 bits per heavy atom. The van der Waals surface area contributed by atoms with Crippen LogP contribution in [0.3, 0.4) is 0 Å². The van der Waals surface area contributed by atoms with Gasteiger partial charge in [0.25, 0.3) is 0 Å². The molecule has 0 aliphatic carbocycles. The maximum Gasteiger partial charge on any atom is 0.123 e. The summed E-state index contributed by atoms with van der Waals surface area (Å²) in [6.45, 7) is 1.70. The van der Waals surface area contributed by atoms with Crippen molar-refractivity contribution in [3.63, 3.8) is 0 Å². The smallest absolute Gasteiger partial charge is 0.123 e. The number of nitrogens with zero attached hydrogens (tertiary/aromatic N) is 3. The predicted molar refractivity (Wildman–Crippen MR) is 119 cm³/mol. The second-order valence-electron chi connectivity index (χ2n) is 8.19. The third-order valence-corrected chi connectivity index (χ3v) is 6.33. The summed E-state index contributed by atoms with van der Waals surface area (Å²) in [5, 5.41) is 0. The van der Waals surface area contributed by atoms with Gasteiger partial charge in [0.1, 0.15) is 11.6 Å². The first kappa shape index (κ1) is 19.6. The van der Waals surface area contributed by atoms with Crippen molar-refractivity contribution in [3.05, 3.63) is 120 Å². The number of hydrogen-bond donors (Lipinski definition) is 1. The molecule has 1 fully saturated rings. The second-order valence-corrected chi connectivity index (χ2v) is 8.19. The molecule has 3 atom stereocenters. The number of pyridine rings is 1. The highest BCUT2D eigenvalue weighted by molar-refractivity contribution is 5.31. The van der Waals surface area contributed by atoms with E-state index in [1.807, 2.05) is 43.0 Å². The molecule has 1 aliphatic heterocycles. The van der Waals surface area contributed by atoms with Gasteiger partial charge in [-0.3, -0.25) is 9.88 Å². The average Bonchev–Trinajstić information content (AvgIpc) is 3.35. The van der Waals surface area contributed by atoms with Crippen molar-refractivity contribution >= 4 is 0 Å². The van der Waals surface area contributed by atoms with Gasteiger partial charge in [0, 0.05) is 43.8 Å². The lowest BCUT2D eigenvalue weighted by Crippen LogP contribution is -2.41. The molecule has 0 radical (unpaired) electrons. The minimum Gasteiger partial charge on any atom is -0.347 e. The summed E-state index contributed by atoms with van der Waals surface area (Å²) in [4.78, 5) is 14.7. The van der Waals surface area contributed by atoms with Gasteiger partial charge in [0.2, 0.25) is 0 Å². The van der Waals surface area contributed by atoms with Crippen molar-refractivity contribution < 1.29 is 4.39 Å². The van der Waals surface area contributed by atoms with Gasteiger partial charge in [0.15, 0.2) is 0 Å². The molecule has 31 heavy (non-hydrogen) atoms. The molecule has 156 valence electrons. The number of rotatable bonds is 5. The van der Waals surface area contributed by atoms with E-state index in [4.69, 9.17) is 0 Å². The molecule has 4 nitrogen and oxygen atoms in total. The number of nitrogens with one attached hydrogen (secondary N) is 1. The van der Waals surface area contributed by atoms with Crippen LogP contribution in [0.25, 0.3) is 0 Å². The van der Waals surface area contributed by atoms with Gasteiger partial charge in [0.05, 0.1) is 6.04 Å². The third kappa shape index (κ3) is 4.28. The quantitative estimate of drug-likeness (QED) is 0.473. The van der Waals surface area contributed by atoms with Gasteiger partial charge in [-0.15, -0.1) is 0 Å². The predicted octanol–water partition coefficient (Wildman–Crippen LogP) is 5.46. The molecule has 0 spiro atoms. The van der Waals surface area contributed by atoms with Crippen molar-refractivity contribution in [2.45, 2.75) is 30.8 Å². The molecule has 3 unspecified atom stereocenters. The molecule has 0 bridgehead atoms. The molecule has 2 aromatic carbocycles. The Morgan fingerprint density at radius 2 is 1.61 bits per heavy atom. The van der Waals surface area contributed by atoms with Gasteiger partial charge in [-0.25, -0.2) is 9.37 Å². The SMILES string of the molecule is Fc1ccc(C2CN(Cc3ccccc3)C(c3ncc[nH]3)CC2c2ccncc2)cc1. The zero-order valence-electron chi connectivity index (χ0n) is 17.2. The summed E-state index contributed by atoms with van der Waals surface area (Å²) < 4.78 is 13.7. The average molecular weight is 413 g/mol. The van der Waals surface area contributed by atoms with Crippen LogP contribution >= 0.6 is 0 Å². The van der Waals surface area contributed by atoms with Gasteiger partial charge in [-0.1, -0.05) is 42.5 Å². The van der Waals surface area contributed by atoms with Crippen molar-refractivity contribution in [2.75, 3.05) is 6.54 Å². The number of aromatic nitrogens is 3. The normalized spacial score (nSPS) is 21.8. The van der Waals surface area contributed by atoms with E-state index < -0.39 is 0 Å². The van der Waals surface area contributed by atoms with Crippen LogP contribution in [0.4, 0.5) is 4.39 Å². The number of piperidine rings is 1. The molecule has 1 aliphatic rings. The summed E-state index contributed by atoms with van der Waals surface area (Å²) in [7, 11) is 0. The van der Waals surface area contributed by atoms with Crippen LogP contribution in [0.1, 0.15) is 46.8 Å². The Bertz CT molecular complexity index is 1080. The highest BCUT2D eigenvalue weighted by Crippen LogP contribution is 2.46. The number of halogens is 1. The lowest BCUT2D eigenvalue weighted by atomic mass is 9.74. The van der Waals surface area contributed by atoms with E-state index in [0.29, 0.717) is 0 Å². The molecule has 2 aromatic heterocycles. The summed E-state index contributed by atoms with van der Waals surface area (Å²) in [5.41, 5.74) is 3.71. The largest absolute Gasteiger partial charge is 0.347 e. The van der Waals surface area contributed by atoms with E-state index in [1.165, 1.54) is 16.7 Å². The number of H-pyrrole nitrogens is 1. The fourth-order valence-electron chi connectivity index (χ4n) is 4.82. The molecule has 1 N–H and O–H groups in total. The maximum absolute atomic E-state index is 13.7. The highest BCUT2D eigenvalue weighted by atomic mass is 19.1. The van der Waals surface area contributed by atoms with Gasteiger partial charge in [-0.05, 0) is 53.3 Å². The lowest BCUT2D eigenvalue weighted by Gasteiger charge is -2.44. The molecule has 0 saturated carbocycles. The Hall–Kier alpha value is -3.31. The lowest BCUT2D eigenvalue weighted by molar-refractivity contribution is 0.104.